The Balaban J connectivity index is 1.88. The van der Waals surface area contributed by atoms with Crippen LogP contribution in [0.2, 0.25) is 5.02 Å². The molecule has 2 aromatic rings. The van der Waals surface area contributed by atoms with Crippen LogP contribution in [-0.4, -0.2) is 36.6 Å². The number of hydrogen-bond donors (Lipinski definition) is 1. The van der Waals surface area contributed by atoms with Crippen molar-refractivity contribution in [3.8, 4) is 5.75 Å². The second kappa shape index (κ2) is 8.71. The molecule has 0 saturated heterocycles. The van der Waals surface area contributed by atoms with E-state index in [0.29, 0.717) is 23.6 Å². The van der Waals surface area contributed by atoms with Crippen molar-refractivity contribution in [2.75, 3.05) is 20.7 Å². The molecule has 4 nitrogen and oxygen atoms in total. The number of halogens is 1. The molecule has 0 saturated carbocycles. The van der Waals surface area contributed by atoms with Gasteiger partial charge in [0.2, 0.25) is 5.91 Å². The molecule has 0 heterocycles. The van der Waals surface area contributed by atoms with Gasteiger partial charge in [0.25, 0.3) is 0 Å². The summed E-state index contributed by atoms with van der Waals surface area (Å²) in [5, 5.41) is 10.8. The minimum absolute atomic E-state index is 0.0457. The standard InChI is InChI=1S/C19H22ClNO3/c1-21(12-11-15-5-3-4-6-18(15)24-2)19(23)13-17(22)14-7-9-16(20)10-8-14/h3-10,17,22H,11-13H2,1-2H3. The monoisotopic (exact) mass is 347 g/mol. The summed E-state index contributed by atoms with van der Waals surface area (Å²) in [6.45, 7) is 0.562. The highest BCUT2D eigenvalue weighted by Crippen LogP contribution is 2.21. The molecule has 24 heavy (non-hydrogen) atoms. The summed E-state index contributed by atoms with van der Waals surface area (Å²) >= 11 is 5.83. The van der Waals surface area contributed by atoms with Crippen LogP contribution in [-0.2, 0) is 11.2 Å². The molecule has 0 radical (unpaired) electrons. The molecule has 1 amide bonds. The average Bonchev–Trinajstić information content (AvgIpc) is 2.60. The predicted molar refractivity (Wildman–Crippen MR) is 95.4 cm³/mol. The predicted octanol–water partition coefficient (Wildman–Crippen LogP) is 3.47. The second-order valence-electron chi connectivity index (χ2n) is 5.65. The normalized spacial score (nSPS) is 11.8. The number of aliphatic hydroxyl groups excluding tert-OH is 1. The van der Waals surface area contributed by atoms with E-state index in [2.05, 4.69) is 0 Å². The van der Waals surface area contributed by atoms with E-state index in [9.17, 15) is 9.90 Å². The van der Waals surface area contributed by atoms with Gasteiger partial charge in [-0.2, -0.15) is 0 Å². The van der Waals surface area contributed by atoms with Gasteiger partial charge in [-0.3, -0.25) is 4.79 Å². The molecule has 5 heteroatoms. The molecule has 0 bridgehead atoms. The Morgan fingerprint density at radius 1 is 1.21 bits per heavy atom. The summed E-state index contributed by atoms with van der Waals surface area (Å²) in [7, 11) is 3.38. The molecule has 0 aliphatic heterocycles. The van der Waals surface area contributed by atoms with E-state index in [1.807, 2.05) is 24.3 Å². The highest BCUT2D eigenvalue weighted by Gasteiger charge is 2.16. The fourth-order valence-corrected chi connectivity index (χ4v) is 2.57. The van der Waals surface area contributed by atoms with Crippen LogP contribution in [0.5, 0.6) is 5.75 Å². The van der Waals surface area contributed by atoms with Crippen LogP contribution in [0, 0.1) is 0 Å². The van der Waals surface area contributed by atoms with Gasteiger partial charge in [0, 0.05) is 18.6 Å². The third kappa shape index (κ3) is 4.98. The zero-order chi connectivity index (χ0) is 17.5. The maximum Gasteiger partial charge on any atom is 0.225 e. The molecule has 0 aliphatic carbocycles. The van der Waals surface area contributed by atoms with Crippen molar-refractivity contribution in [2.24, 2.45) is 0 Å². The third-order valence-corrected chi connectivity index (χ3v) is 4.21. The van der Waals surface area contributed by atoms with Crippen LogP contribution in [0.25, 0.3) is 0 Å². The smallest absolute Gasteiger partial charge is 0.225 e. The SMILES string of the molecule is COc1ccccc1CCN(C)C(=O)CC(O)c1ccc(Cl)cc1. The number of ether oxygens (including phenoxy) is 1. The summed E-state index contributed by atoms with van der Waals surface area (Å²) in [4.78, 5) is 13.9. The lowest BCUT2D eigenvalue weighted by Crippen LogP contribution is -2.30. The van der Waals surface area contributed by atoms with Crippen molar-refractivity contribution < 1.29 is 14.6 Å². The topological polar surface area (TPSA) is 49.8 Å². The van der Waals surface area contributed by atoms with Crippen LogP contribution in [0.3, 0.4) is 0 Å². The lowest BCUT2D eigenvalue weighted by molar-refractivity contribution is -0.132. The second-order valence-corrected chi connectivity index (χ2v) is 6.09. The number of methoxy groups -OCH3 is 1. The molecule has 1 atom stereocenters. The lowest BCUT2D eigenvalue weighted by atomic mass is 10.1. The molecule has 0 spiro atoms. The zero-order valence-electron chi connectivity index (χ0n) is 13.9. The minimum atomic E-state index is -0.830. The Labute approximate surface area is 147 Å². The van der Waals surface area contributed by atoms with Crippen molar-refractivity contribution in [3.05, 3.63) is 64.7 Å². The first kappa shape index (κ1) is 18.3. The van der Waals surface area contributed by atoms with Crippen molar-refractivity contribution in [1.82, 2.24) is 4.90 Å². The maximum atomic E-state index is 12.3. The van der Waals surface area contributed by atoms with E-state index >= 15 is 0 Å². The highest BCUT2D eigenvalue weighted by atomic mass is 35.5. The summed E-state index contributed by atoms with van der Waals surface area (Å²) in [5.74, 6) is 0.715. The van der Waals surface area contributed by atoms with E-state index in [1.165, 1.54) is 0 Å². The zero-order valence-corrected chi connectivity index (χ0v) is 14.7. The first-order valence-electron chi connectivity index (χ1n) is 7.80. The number of rotatable bonds is 7. The van der Waals surface area contributed by atoms with Crippen LogP contribution >= 0.6 is 11.6 Å². The molecule has 2 rings (SSSR count). The van der Waals surface area contributed by atoms with Gasteiger partial charge < -0.3 is 14.7 Å². The number of amides is 1. The first-order valence-corrected chi connectivity index (χ1v) is 8.18. The first-order chi connectivity index (χ1) is 11.5. The number of benzene rings is 2. The van der Waals surface area contributed by atoms with Crippen LogP contribution in [0.4, 0.5) is 0 Å². The number of carbonyl (C=O) groups excluding carboxylic acids is 1. The number of carbonyl (C=O) groups is 1. The molecule has 0 aliphatic rings. The van der Waals surface area contributed by atoms with Crippen molar-refractivity contribution >= 4 is 17.5 Å². The number of likely N-dealkylation sites (N-methyl/N-ethyl adjacent to an activating group) is 1. The van der Waals surface area contributed by atoms with Gasteiger partial charge in [0.05, 0.1) is 19.6 Å². The van der Waals surface area contributed by atoms with Gasteiger partial charge in [-0.1, -0.05) is 41.9 Å². The summed E-state index contributed by atoms with van der Waals surface area (Å²) in [6, 6.07) is 14.6. The number of para-hydroxylation sites is 1. The Bertz CT molecular complexity index is 673. The molecule has 1 unspecified atom stereocenters. The third-order valence-electron chi connectivity index (χ3n) is 3.96. The average molecular weight is 348 g/mol. The lowest BCUT2D eigenvalue weighted by Gasteiger charge is -2.20. The fourth-order valence-electron chi connectivity index (χ4n) is 2.45. The minimum Gasteiger partial charge on any atom is -0.496 e. The van der Waals surface area contributed by atoms with E-state index in [-0.39, 0.29) is 12.3 Å². The van der Waals surface area contributed by atoms with E-state index < -0.39 is 6.10 Å². The van der Waals surface area contributed by atoms with Crippen LogP contribution < -0.4 is 4.74 Å². The molecule has 0 aromatic heterocycles. The quantitative estimate of drug-likeness (QED) is 0.834. The van der Waals surface area contributed by atoms with Gasteiger partial charge in [0.15, 0.2) is 0 Å². The number of hydrogen-bond acceptors (Lipinski definition) is 3. The molecule has 0 fully saturated rings. The maximum absolute atomic E-state index is 12.3. The Hall–Kier alpha value is -2.04. The molecule has 1 N–H and O–H groups in total. The Morgan fingerprint density at radius 2 is 1.88 bits per heavy atom. The van der Waals surface area contributed by atoms with Gasteiger partial charge in [0.1, 0.15) is 5.75 Å². The highest BCUT2D eigenvalue weighted by molar-refractivity contribution is 6.30. The summed E-state index contributed by atoms with van der Waals surface area (Å²) < 4.78 is 5.32. The van der Waals surface area contributed by atoms with Crippen LogP contribution in [0.1, 0.15) is 23.7 Å². The van der Waals surface area contributed by atoms with E-state index in [4.69, 9.17) is 16.3 Å². The van der Waals surface area contributed by atoms with Gasteiger partial charge in [-0.15, -0.1) is 0 Å². The van der Waals surface area contributed by atoms with E-state index in [1.54, 1.807) is 43.3 Å². The van der Waals surface area contributed by atoms with Gasteiger partial charge >= 0.3 is 0 Å². The Kier molecular flexibility index (Phi) is 6.64. The Morgan fingerprint density at radius 3 is 2.54 bits per heavy atom. The summed E-state index contributed by atoms with van der Waals surface area (Å²) in [5.41, 5.74) is 1.74. The van der Waals surface area contributed by atoms with Crippen LogP contribution in [0.15, 0.2) is 48.5 Å². The van der Waals surface area contributed by atoms with Gasteiger partial charge in [-0.25, -0.2) is 0 Å². The van der Waals surface area contributed by atoms with Crippen molar-refractivity contribution in [3.63, 3.8) is 0 Å². The molecular weight excluding hydrogens is 326 g/mol. The largest absolute Gasteiger partial charge is 0.496 e. The summed E-state index contributed by atoms with van der Waals surface area (Å²) in [6.07, 6.45) is -0.0867. The molecule has 128 valence electrons. The van der Waals surface area contributed by atoms with Crippen molar-refractivity contribution in [2.45, 2.75) is 18.9 Å². The molecular formula is C19H22ClNO3. The number of nitrogens with zero attached hydrogens (tertiary/aromatic N) is 1. The van der Waals surface area contributed by atoms with Crippen molar-refractivity contribution in [1.29, 1.82) is 0 Å². The molecule has 2 aromatic carbocycles. The number of aliphatic hydroxyl groups is 1. The fraction of sp³-hybridized carbons (Fsp3) is 0.316. The van der Waals surface area contributed by atoms with E-state index in [0.717, 1.165) is 11.3 Å². The van der Waals surface area contributed by atoms with Gasteiger partial charge in [-0.05, 0) is 35.7 Å².